The van der Waals surface area contributed by atoms with Gasteiger partial charge >= 0.3 is 5.97 Å². The van der Waals surface area contributed by atoms with Gasteiger partial charge in [-0.05, 0) is 55.5 Å². The smallest absolute Gasteiger partial charge is 0.337 e. The van der Waals surface area contributed by atoms with Crippen LogP contribution in [-0.2, 0) is 19.6 Å². The van der Waals surface area contributed by atoms with Crippen LogP contribution in [-0.4, -0.2) is 46.8 Å². The molecule has 0 radical (unpaired) electrons. The summed E-state index contributed by atoms with van der Waals surface area (Å²) in [5.74, 6) is -0.406. The minimum Gasteiger partial charge on any atom is -0.481 e. The Kier molecular flexibility index (Phi) is 6.63. The van der Waals surface area contributed by atoms with Gasteiger partial charge in [-0.2, -0.15) is 0 Å². The average molecular weight is 406 g/mol. The molecule has 150 valence electrons. The summed E-state index contributed by atoms with van der Waals surface area (Å²) in [5.41, 5.74) is 1.37. The lowest BCUT2D eigenvalue weighted by Crippen LogP contribution is -2.30. The third-order valence-electron chi connectivity index (χ3n) is 3.95. The molecule has 2 rings (SSSR count). The third-order valence-corrected chi connectivity index (χ3v) is 5.16. The number of sulfonamides is 1. The number of methoxy groups -OCH3 is 1. The molecular weight excluding hydrogens is 384 g/mol. The molecule has 0 aliphatic rings. The Morgan fingerprint density at radius 1 is 1.04 bits per heavy atom. The molecule has 0 heterocycles. The maximum atomic E-state index is 12.3. The lowest BCUT2D eigenvalue weighted by atomic mass is 10.2. The van der Waals surface area contributed by atoms with Crippen LogP contribution in [0.2, 0.25) is 0 Å². The summed E-state index contributed by atoms with van der Waals surface area (Å²) in [7, 11) is -0.605. The van der Waals surface area contributed by atoms with Crippen molar-refractivity contribution in [3.05, 3.63) is 54.1 Å². The molecule has 0 fully saturated rings. The molecule has 1 N–H and O–H groups in total. The van der Waals surface area contributed by atoms with E-state index in [9.17, 15) is 18.0 Å². The maximum Gasteiger partial charge on any atom is 0.337 e. The van der Waals surface area contributed by atoms with Crippen molar-refractivity contribution in [3.8, 4) is 5.75 Å². The van der Waals surface area contributed by atoms with Crippen molar-refractivity contribution in [1.29, 1.82) is 0 Å². The van der Waals surface area contributed by atoms with Crippen molar-refractivity contribution in [2.24, 2.45) is 0 Å². The monoisotopic (exact) mass is 406 g/mol. The first kappa shape index (κ1) is 21.2. The summed E-state index contributed by atoms with van der Waals surface area (Å²) in [6, 6.07) is 12.6. The Labute approximate surface area is 164 Å². The zero-order valence-electron chi connectivity index (χ0n) is 16.0. The van der Waals surface area contributed by atoms with Crippen LogP contribution in [0.15, 0.2) is 48.5 Å². The predicted molar refractivity (Wildman–Crippen MR) is 106 cm³/mol. The molecule has 0 aliphatic heterocycles. The molecule has 0 spiro atoms. The minimum atomic E-state index is -3.35. The summed E-state index contributed by atoms with van der Waals surface area (Å²) in [5, 5.41) is 2.69. The van der Waals surface area contributed by atoms with E-state index in [4.69, 9.17) is 4.74 Å². The molecule has 0 bridgehead atoms. The van der Waals surface area contributed by atoms with Gasteiger partial charge in [-0.25, -0.2) is 13.2 Å². The number of nitrogens with zero attached hydrogens (tertiary/aromatic N) is 1. The van der Waals surface area contributed by atoms with Crippen LogP contribution in [0.4, 0.5) is 11.4 Å². The predicted octanol–water partition coefficient (Wildman–Crippen LogP) is 2.28. The fourth-order valence-electron chi connectivity index (χ4n) is 2.24. The van der Waals surface area contributed by atoms with Crippen LogP contribution < -0.4 is 14.4 Å². The van der Waals surface area contributed by atoms with Gasteiger partial charge in [-0.3, -0.25) is 9.10 Å². The molecule has 28 heavy (non-hydrogen) atoms. The Morgan fingerprint density at radius 3 is 2.11 bits per heavy atom. The number of anilines is 2. The fraction of sp³-hybridized carbons (Fsp3) is 0.263. The van der Waals surface area contributed by atoms with E-state index < -0.39 is 22.1 Å². The summed E-state index contributed by atoms with van der Waals surface area (Å²) < 4.78 is 34.5. The number of esters is 1. The molecule has 2 aromatic carbocycles. The van der Waals surface area contributed by atoms with E-state index >= 15 is 0 Å². The van der Waals surface area contributed by atoms with Gasteiger partial charge in [0.15, 0.2) is 6.10 Å². The number of nitrogens with one attached hydrogen (secondary N) is 1. The van der Waals surface area contributed by atoms with E-state index in [1.165, 1.54) is 14.2 Å². The highest BCUT2D eigenvalue weighted by Gasteiger charge is 2.16. The van der Waals surface area contributed by atoms with Crippen LogP contribution in [0.5, 0.6) is 5.75 Å². The number of benzene rings is 2. The summed E-state index contributed by atoms with van der Waals surface area (Å²) in [6.45, 7) is 1.59. The van der Waals surface area contributed by atoms with Crippen LogP contribution in [0.1, 0.15) is 17.3 Å². The largest absolute Gasteiger partial charge is 0.481 e. The lowest BCUT2D eigenvalue weighted by molar-refractivity contribution is -0.122. The van der Waals surface area contributed by atoms with E-state index in [2.05, 4.69) is 10.1 Å². The average Bonchev–Trinajstić information content (AvgIpc) is 2.67. The first-order valence-corrected chi connectivity index (χ1v) is 10.2. The van der Waals surface area contributed by atoms with Gasteiger partial charge in [0.1, 0.15) is 5.75 Å². The normalized spacial score (nSPS) is 12.0. The number of ether oxygens (including phenoxy) is 2. The van der Waals surface area contributed by atoms with Gasteiger partial charge in [0.25, 0.3) is 5.91 Å². The fourth-order valence-corrected chi connectivity index (χ4v) is 2.74. The van der Waals surface area contributed by atoms with Crippen molar-refractivity contribution in [1.82, 2.24) is 0 Å². The third kappa shape index (κ3) is 5.46. The van der Waals surface area contributed by atoms with Gasteiger partial charge in [-0.15, -0.1) is 0 Å². The molecule has 0 aromatic heterocycles. The van der Waals surface area contributed by atoms with Crippen LogP contribution in [0.3, 0.4) is 0 Å². The van der Waals surface area contributed by atoms with Gasteiger partial charge in [-0.1, -0.05) is 0 Å². The van der Waals surface area contributed by atoms with Gasteiger partial charge in [0.2, 0.25) is 10.0 Å². The first-order chi connectivity index (χ1) is 13.1. The van der Waals surface area contributed by atoms with Crippen LogP contribution >= 0.6 is 0 Å². The van der Waals surface area contributed by atoms with Crippen molar-refractivity contribution >= 4 is 33.3 Å². The molecule has 2 aromatic rings. The van der Waals surface area contributed by atoms with Gasteiger partial charge < -0.3 is 14.8 Å². The van der Waals surface area contributed by atoms with Crippen molar-refractivity contribution in [3.63, 3.8) is 0 Å². The second-order valence-corrected chi connectivity index (χ2v) is 8.06. The zero-order chi connectivity index (χ0) is 20.9. The number of carbonyl (C=O) groups is 2. The minimum absolute atomic E-state index is 0.372. The second-order valence-electron chi connectivity index (χ2n) is 6.04. The Morgan fingerprint density at radius 2 is 1.61 bits per heavy atom. The number of carbonyl (C=O) groups excluding carboxylic acids is 2. The summed E-state index contributed by atoms with van der Waals surface area (Å²) >= 11 is 0. The number of amides is 1. The highest BCUT2D eigenvalue weighted by Crippen LogP contribution is 2.21. The highest BCUT2D eigenvalue weighted by atomic mass is 32.2. The SMILES string of the molecule is COC(=O)c1ccc(NC(=O)[C@@H](C)Oc2ccc(N(C)S(C)(=O)=O)cc2)cc1. The molecule has 0 saturated heterocycles. The molecule has 0 unspecified atom stereocenters. The van der Waals surface area contributed by atoms with E-state index in [0.29, 0.717) is 22.7 Å². The maximum absolute atomic E-state index is 12.3. The van der Waals surface area contributed by atoms with E-state index in [0.717, 1.165) is 10.6 Å². The van der Waals surface area contributed by atoms with E-state index in [1.807, 2.05) is 0 Å². The molecule has 0 aliphatic carbocycles. The van der Waals surface area contributed by atoms with Crippen molar-refractivity contribution in [2.75, 3.05) is 30.0 Å². The molecule has 1 atom stereocenters. The highest BCUT2D eigenvalue weighted by molar-refractivity contribution is 7.92. The molecular formula is C19H22N2O6S. The Hall–Kier alpha value is -3.07. The summed E-state index contributed by atoms with van der Waals surface area (Å²) in [6.07, 6.45) is 0.320. The topological polar surface area (TPSA) is 102 Å². The summed E-state index contributed by atoms with van der Waals surface area (Å²) in [4.78, 5) is 23.7. The van der Waals surface area contributed by atoms with Crippen molar-refractivity contribution < 1.29 is 27.5 Å². The first-order valence-electron chi connectivity index (χ1n) is 8.31. The zero-order valence-corrected chi connectivity index (χ0v) is 16.8. The van der Waals surface area contributed by atoms with Crippen LogP contribution in [0.25, 0.3) is 0 Å². The Bertz CT molecular complexity index is 939. The molecule has 9 heteroatoms. The second kappa shape index (κ2) is 8.75. The molecule has 0 saturated carbocycles. The van der Waals surface area contributed by atoms with Gasteiger partial charge in [0.05, 0.1) is 24.6 Å². The van der Waals surface area contributed by atoms with Crippen LogP contribution in [0, 0.1) is 0 Å². The van der Waals surface area contributed by atoms with Crippen molar-refractivity contribution in [2.45, 2.75) is 13.0 Å². The Balaban J connectivity index is 1.97. The molecule has 8 nitrogen and oxygen atoms in total. The molecule has 1 amide bonds. The lowest BCUT2D eigenvalue weighted by Gasteiger charge is -2.18. The standard InChI is InChI=1S/C19H22N2O6S/c1-13(18(22)20-15-7-5-14(6-8-15)19(23)26-3)27-17-11-9-16(10-12-17)21(2)28(4,24)25/h5-13H,1-4H3,(H,20,22)/t13-/m1/s1. The van der Waals surface area contributed by atoms with E-state index in [1.54, 1.807) is 55.5 Å². The number of hydrogen-bond acceptors (Lipinski definition) is 6. The number of hydrogen-bond donors (Lipinski definition) is 1. The number of rotatable bonds is 7. The van der Waals surface area contributed by atoms with Gasteiger partial charge in [0, 0.05) is 12.7 Å². The quantitative estimate of drug-likeness (QED) is 0.708. The van der Waals surface area contributed by atoms with E-state index in [-0.39, 0.29) is 5.91 Å².